The molecule has 2 aromatic heterocycles. The van der Waals surface area contributed by atoms with Crippen molar-refractivity contribution in [3.63, 3.8) is 0 Å². The molecule has 0 saturated carbocycles. The van der Waals surface area contributed by atoms with Crippen molar-refractivity contribution in [1.29, 1.82) is 0 Å². The number of hydrogen-bond donors (Lipinski definition) is 0. The van der Waals surface area contributed by atoms with Crippen LogP contribution in [0, 0.1) is 6.92 Å². The lowest BCUT2D eigenvalue weighted by Gasteiger charge is -2.11. The van der Waals surface area contributed by atoms with Gasteiger partial charge >= 0.3 is 5.69 Å². The van der Waals surface area contributed by atoms with Crippen LogP contribution in [0.1, 0.15) is 12.2 Å². The molecule has 8 heteroatoms. The Bertz CT molecular complexity index is 756. The normalized spacial score (nSPS) is 11.1. The van der Waals surface area contributed by atoms with Gasteiger partial charge in [0.25, 0.3) is 5.56 Å². The summed E-state index contributed by atoms with van der Waals surface area (Å²) in [6, 6.07) is 0. The summed E-state index contributed by atoms with van der Waals surface area (Å²) in [5, 5.41) is 0. The Hall–Kier alpha value is -1.60. The molecule has 2 aromatic rings. The van der Waals surface area contributed by atoms with Crippen LogP contribution in [-0.4, -0.2) is 44.2 Å². The van der Waals surface area contributed by atoms with Gasteiger partial charge in [-0.1, -0.05) is 0 Å². The zero-order valence-corrected chi connectivity index (χ0v) is 13.9. The molecule has 0 spiro atoms. The molecule has 2 heterocycles. The molecule has 2 rings (SSSR count). The summed E-state index contributed by atoms with van der Waals surface area (Å²) >= 11 is 0. The smallest absolute Gasteiger partial charge is 0.322 e. The predicted octanol–water partition coefficient (Wildman–Crippen LogP) is 0.116. The summed E-state index contributed by atoms with van der Waals surface area (Å²) in [6.07, 6.45) is 0.922. The SMILES string of the molecule is Cc1nc2c(c(=O)n(C)c(=O)n2C)n1CCCN(C)C.Cl. The molecule has 21 heavy (non-hydrogen) atoms. The van der Waals surface area contributed by atoms with Gasteiger partial charge < -0.3 is 9.47 Å². The van der Waals surface area contributed by atoms with Crippen LogP contribution in [0.2, 0.25) is 0 Å². The molecule has 0 bridgehead atoms. The fraction of sp³-hybridized carbons (Fsp3) is 0.615. The Balaban J connectivity index is 0.00000220. The van der Waals surface area contributed by atoms with Crippen LogP contribution < -0.4 is 11.2 Å². The van der Waals surface area contributed by atoms with Crippen molar-refractivity contribution >= 4 is 23.6 Å². The maximum atomic E-state index is 12.3. The largest absolute Gasteiger partial charge is 0.332 e. The minimum absolute atomic E-state index is 0. The first kappa shape index (κ1) is 17.5. The van der Waals surface area contributed by atoms with Crippen LogP contribution in [0.5, 0.6) is 0 Å². The van der Waals surface area contributed by atoms with E-state index in [9.17, 15) is 9.59 Å². The summed E-state index contributed by atoms with van der Waals surface area (Å²) < 4.78 is 4.46. The molecule has 0 aromatic carbocycles. The monoisotopic (exact) mass is 315 g/mol. The van der Waals surface area contributed by atoms with Gasteiger partial charge in [-0.25, -0.2) is 9.78 Å². The van der Waals surface area contributed by atoms with Crippen LogP contribution in [0.25, 0.3) is 11.2 Å². The topological polar surface area (TPSA) is 65.1 Å². The lowest BCUT2D eigenvalue weighted by Crippen LogP contribution is -2.37. The second-order valence-corrected chi connectivity index (χ2v) is 5.35. The first-order valence-corrected chi connectivity index (χ1v) is 6.62. The summed E-state index contributed by atoms with van der Waals surface area (Å²) in [5.74, 6) is 0.761. The molecule has 0 atom stereocenters. The molecular weight excluding hydrogens is 294 g/mol. The first-order chi connectivity index (χ1) is 9.34. The maximum Gasteiger partial charge on any atom is 0.332 e. The van der Waals surface area contributed by atoms with Gasteiger partial charge in [-0.15, -0.1) is 12.4 Å². The third-order valence-corrected chi connectivity index (χ3v) is 3.53. The average Bonchev–Trinajstić information content (AvgIpc) is 2.71. The molecule has 0 aliphatic carbocycles. The first-order valence-electron chi connectivity index (χ1n) is 6.62. The van der Waals surface area contributed by atoms with Crippen LogP contribution in [0.3, 0.4) is 0 Å². The molecule has 0 fully saturated rings. The molecule has 0 aliphatic rings. The van der Waals surface area contributed by atoms with Crippen LogP contribution >= 0.6 is 12.4 Å². The van der Waals surface area contributed by atoms with E-state index >= 15 is 0 Å². The number of fused-ring (bicyclic) bond motifs is 1. The Kier molecular flexibility index (Phi) is 5.36. The highest BCUT2D eigenvalue weighted by molar-refractivity contribution is 5.85. The standard InChI is InChI=1S/C13H21N5O2.ClH/c1-9-14-11-10(18(9)8-6-7-15(2)3)12(19)17(5)13(20)16(11)4;/h6-8H2,1-5H3;1H. The number of rotatable bonds is 4. The molecule has 7 nitrogen and oxygen atoms in total. The predicted molar refractivity (Wildman–Crippen MR) is 85.4 cm³/mol. The molecule has 0 radical (unpaired) electrons. The second kappa shape index (κ2) is 6.44. The number of aryl methyl sites for hydroxylation is 3. The van der Waals surface area contributed by atoms with Crippen molar-refractivity contribution in [2.75, 3.05) is 20.6 Å². The fourth-order valence-electron chi connectivity index (χ4n) is 2.37. The Morgan fingerprint density at radius 2 is 1.76 bits per heavy atom. The molecule has 0 amide bonds. The van der Waals surface area contributed by atoms with Gasteiger partial charge in [-0.3, -0.25) is 13.9 Å². The van der Waals surface area contributed by atoms with Crippen molar-refractivity contribution in [3.05, 3.63) is 26.7 Å². The highest BCUT2D eigenvalue weighted by Gasteiger charge is 2.16. The van der Waals surface area contributed by atoms with E-state index in [1.165, 1.54) is 11.6 Å². The zero-order chi connectivity index (χ0) is 15.0. The molecule has 0 N–H and O–H groups in total. The Morgan fingerprint density at radius 3 is 2.33 bits per heavy atom. The van der Waals surface area contributed by atoms with E-state index in [2.05, 4.69) is 9.88 Å². The molecular formula is C13H22ClN5O2. The highest BCUT2D eigenvalue weighted by atomic mass is 35.5. The van der Waals surface area contributed by atoms with Gasteiger partial charge in [0.2, 0.25) is 0 Å². The van der Waals surface area contributed by atoms with E-state index in [1.807, 2.05) is 25.6 Å². The molecule has 0 aliphatic heterocycles. The summed E-state index contributed by atoms with van der Waals surface area (Å²) in [4.78, 5) is 30.7. The van der Waals surface area contributed by atoms with E-state index in [1.54, 1.807) is 7.05 Å². The minimum atomic E-state index is -0.347. The fourth-order valence-corrected chi connectivity index (χ4v) is 2.37. The van der Waals surface area contributed by atoms with Gasteiger partial charge in [-0.2, -0.15) is 0 Å². The number of imidazole rings is 1. The molecule has 118 valence electrons. The van der Waals surface area contributed by atoms with Crippen molar-refractivity contribution < 1.29 is 0 Å². The average molecular weight is 316 g/mol. The van der Waals surface area contributed by atoms with Crippen LogP contribution in [-0.2, 0) is 20.6 Å². The lowest BCUT2D eigenvalue weighted by molar-refractivity contribution is 0.386. The highest BCUT2D eigenvalue weighted by Crippen LogP contribution is 2.10. The summed E-state index contributed by atoms with van der Waals surface area (Å²) in [6.45, 7) is 3.51. The van der Waals surface area contributed by atoms with Crippen molar-refractivity contribution in [3.8, 4) is 0 Å². The van der Waals surface area contributed by atoms with E-state index in [0.717, 1.165) is 23.4 Å². The van der Waals surface area contributed by atoms with Crippen LogP contribution in [0.4, 0.5) is 0 Å². The number of halogens is 1. The quantitative estimate of drug-likeness (QED) is 0.803. The number of hydrogen-bond acceptors (Lipinski definition) is 4. The summed E-state index contributed by atoms with van der Waals surface area (Å²) in [5.41, 5.74) is 0.334. The van der Waals surface area contributed by atoms with Gasteiger partial charge in [-0.05, 0) is 34.0 Å². The van der Waals surface area contributed by atoms with Crippen molar-refractivity contribution in [2.24, 2.45) is 14.1 Å². The van der Waals surface area contributed by atoms with E-state index in [0.29, 0.717) is 17.7 Å². The summed E-state index contributed by atoms with van der Waals surface area (Å²) in [7, 11) is 7.17. The third-order valence-electron chi connectivity index (χ3n) is 3.53. The van der Waals surface area contributed by atoms with Crippen LogP contribution in [0.15, 0.2) is 9.59 Å². The number of nitrogens with zero attached hydrogens (tertiary/aromatic N) is 5. The van der Waals surface area contributed by atoms with Gasteiger partial charge in [0.15, 0.2) is 11.2 Å². The number of aromatic nitrogens is 4. The Labute approximate surface area is 129 Å². The maximum absolute atomic E-state index is 12.3. The Morgan fingerprint density at radius 1 is 1.14 bits per heavy atom. The van der Waals surface area contributed by atoms with Gasteiger partial charge in [0.1, 0.15) is 5.82 Å². The van der Waals surface area contributed by atoms with E-state index in [-0.39, 0.29) is 23.7 Å². The second-order valence-electron chi connectivity index (χ2n) is 5.35. The van der Waals surface area contributed by atoms with Gasteiger partial charge in [0, 0.05) is 20.6 Å². The van der Waals surface area contributed by atoms with Crippen molar-refractivity contribution in [1.82, 2.24) is 23.6 Å². The minimum Gasteiger partial charge on any atom is -0.322 e. The zero-order valence-electron chi connectivity index (χ0n) is 13.1. The van der Waals surface area contributed by atoms with E-state index < -0.39 is 0 Å². The third kappa shape index (κ3) is 3.03. The van der Waals surface area contributed by atoms with Crippen molar-refractivity contribution in [2.45, 2.75) is 19.9 Å². The lowest BCUT2D eigenvalue weighted by atomic mass is 10.4. The molecule has 0 saturated heterocycles. The van der Waals surface area contributed by atoms with Gasteiger partial charge in [0.05, 0.1) is 0 Å². The van der Waals surface area contributed by atoms with E-state index in [4.69, 9.17) is 0 Å². The molecule has 0 unspecified atom stereocenters.